The van der Waals surface area contributed by atoms with Crippen molar-refractivity contribution in [3.8, 4) is 0 Å². The van der Waals surface area contributed by atoms with Gasteiger partial charge in [-0.2, -0.15) is 5.10 Å². The Morgan fingerprint density at radius 3 is 2.90 bits per heavy atom. The molecule has 1 aromatic carbocycles. The molecule has 9 heteroatoms. The van der Waals surface area contributed by atoms with E-state index in [0.29, 0.717) is 19.5 Å². The van der Waals surface area contributed by atoms with Gasteiger partial charge in [0.15, 0.2) is 11.5 Å². The second-order valence-electron chi connectivity index (χ2n) is 7.97. The Labute approximate surface area is 186 Å². The molecule has 162 valence electrons. The van der Waals surface area contributed by atoms with Gasteiger partial charge in [0.2, 0.25) is 11.8 Å². The Balaban J connectivity index is 1.39. The number of alkyl halides is 1. The molecule has 1 aliphatic carbocycles. The van der Waals surface area contributed by atoms with E-state index in [1.807, 2.05) is 35.2 Å². The van der Waals surface area contributed by atoms with Crippen molar-refractivity contribution in [2.75, 3.05) is 12.3 Å². The predicted octanol–water partition coefficient (Wildman–Crippen LogP) is 2.52. The van der Waals surface area contributed by atoms with Crippen LogP contribution in [0.25, 0.3) is 0 Å². The number of fused-ring (bicyclic) bond motifs is 3. The molecule has 1 aromatic rings. The molecular weight excluding hydrogens is 422 g/mol. The van der Waals surface area contributed by atoms with Gasteiger partial charge in [-0.3, -0.25) is 15.0 Å². The summed E-state index contributed by atoms with van der Waals surface area (Å²) in [5.74, 6) is 0.313. The number of nitrogens with one attached hydrogen (secondary N) is 2. The number of carbonyl (C=O) groups excluding carboxylic acids is 2. The van der Waals surface area contributed by atoms with E-state index in [4.69, 9.17) is 11.6 Å². The molecule has 4 rings (SSSR count). The maximum absolute atomic E-state index is 13.1. The van der Waals surface area contributed by atoms with E-state index < -0.39 is 0 Å². The lowest BCUT2D eigenvalue weighted by molar-refractivity contribution is -0.155. The highest BCUT2D eigenvalue weighted by Crippen LogP contribution is 2.40. The minimum Gasteiger partial charge on any atom is -0.351 e. The lowest BCUT2D eigenvalue weighted by Gasteiger charge is -2.51. The van der Waals surface area contributed by atoms with Crippen molar-refractivity contribution in [2.45, 2.75) is 56.9 Å². The summed E-state index contributed by atoms with van der Waals surface area (Å²) in [7, 11) is 0. The Kier molecular flexibility index (Phi) is 6.73. The summed E-state index contributed by atoms with van der Waals surface area (Å²) in [4.78, 5) is 29.6. The SMILES string of the molecule is CCCN1C(=O)C2CC(Cl)CCC2N2C(SCC(=O)NCc3ccccc3)=NNC12. The number of nitrogens with zero attached hydrogens (tertiary/aromatic N) is 3. The Bertz CT molecular complexity index is 808. The first kappa shape index (κ1) is 21.3. The van der Waals surface area contributed by atoms with E-state index in [-0.39, 0.29) is 41.2 Å². The van der Waals surface area contributed by atoms with Gasteiger partial charge in [-0.15, -0.1) is 11.6 Å². The van der Waals surface area contributed by atoms with Gasteiger partial charge in [0, 0.05) is 24.5 Å². The molecule has 1 saturated carbocycles. The van der Waals surface area contributed by atoms with Gasteiger partial charge in [-0.25, -0.2) is 0 Å². The van der Waals surface area contributed by atoms with Crippen molar-refractivity contribution < 1.29 is 9.59 Å². The molecule has 2 N–H and O–H groups in total. The Morgan fingerprint density at radius 2 is 2.13 bits per heavy atom. The molecule has 4 atom stereocenters. The number of amides is 2. The van der Waals surface area contributed by atoms with Crippen molar-refractivity contribution in [1.29, 1.82) is 0 Å². The number of hydrazone groups is 1. The van der Waals surface area contributed by atoms with Crippen LogP contribution in [0.5, 0.6) is 0 Å². The highest BCUT2D eigenvalue weighted by atomic mass is 35.5. The fourth-order valence-corrected chi connectivity index (χ4v) is 5.66. The van der Waals surface area contributed by atoms with Crippen LogP contribution in [0, 0.1) is 5.92 Å². The number of hydrogen-bond donors (Lipinski definition) is 2. The first-order chi connectivity index (χ1) is 14.6. The molecule has 2 aliphatic heterocycles. The number of carbonyl (C=O) groups is 2. The van der Waals surface area contributed by atoms with Gasteiger partial charge in [0.05, 0.1) is 11.7 Å². The van der Waals surface area contributed by atoms with Crippen LogP contribution in [0.2, 0.25) is 0 Å². The number of rotatable bonds is 6. The van der Waals surface area contributed by atoms with Gasteiger partial charge < -0.3 is 15.1 Å². The van der Waals surface area contributed by atoms with Crippen LogP contribution in [-0.4, -0.2) is 56.8 Å². The third kappa shape index (κ3) is 4.39. The maximum atomic E-state index is 13.1. The quantitative estimate of drug-likeness (QED) is 0.652. The third-order valence-electron chi connectivity index (χ3n) is 5.89. The van der Waals surface area contributed by atoms with E-state index in [9.17, 15) is 9.59 Å². The van der Waals surface area contributed by atoms with Crippen LogP contribution in [0.1, 0.15) is 38.2 Å². The molecule has 2 heterocycles. The normalized spacial score (nSPS) is 27.8. The van der Waals surface area contributed by atoms with E-state index in [2.05, 4.69) is 27.7 Å². The van der Waals surface area contributed by atoms with E-state index in [1.165, 1.54) is 11.8 Å². The fourth-order valence-electron chi connectivity index (χ4n) is 4.47. The minimum absolute atomic E-state index is 0.0329. The molecule has 7 nitrogen and oxygen atoms in total. The van der Waals surface area contributed by atoms with Crippen LogP contribution < -0.4 is 10.7 Å². The fraction of sp³-hybridized carbons (Fsp3) is 0.571. The highest BCUT2D eigenvalue weighted by Gasteiger charge is 2.51. The lowest BCUT2D eigenvalue weighted by atomic mass is 9.81. The molecule has 2 fully saturated rings. The summed E-state index contributed by atoms with van der Waals surface area (Å²) >= 11 is 7.82. The second-order valence-corrected chi connectivity index (χ2v) is 9.53. The first-order valence-electron chi connectivity index (χ1n) is 10.6. The zero-order chi connectivity index (χ0) is 21.1. The Morgan fingerprint density at radius 1 is 1.33 bits per heavy atom. The largest absolute Gasteiger partial charge is 0.351 e. The second kappa shape index (κ2) is 9.47. The van der Waals surface area contributed by atoms with Crippen molar-refractivity contribution in [3.05, 3.63) is 35.9 Å². The summed E-state index contributed by atoms with van der Waals surface area (Å²) in [6.45, 7) is 3.25. The third-order valence-corrected chi connectivity index (χ3v) is 7.26. The molecule has 0 aromatic heterocycles. The van der Waals surface area contributed by atoms with E-state index in [1.54, 1.807) is 0 Å². The van der Waals surface area contributed by atoms with Crippen molar-refractivity contribution >= 4 is 40.3 Å². The van der Waals surface area contributed by atoms with Crippen LogP contribution in [0.3, 0.4) is 0 Å². The van der Waals surface area contributed by atoms with E-state index >= 15 is 0 Å². The monoisotopic (exact) mass is 449 g/mol. The molecule has 4 unspecified atom stereocenters. The zero-order valence-corrected chi connectivity index (χ0v) is 18.7. The average molecular weight is 450 g/mol. The lowest BCUT2D eigenvalue weighted by Crippen LogP contribution is -2.67. The summed E-state index contributed by atoms with van der Waals surface area (Å²) < 4.78 is 0. The molecule has 3 aliphatic rings. The summed E-state index contributed by atoms with van der Waals surface area (Å²) in [5.41, 5.74) is 4.20. The summed E-state index contributed by atoms with van der Waals surface area (Å²) in [6.07, 6.45) is 3.07. The standard InChI is InChI=1S/C21H28ClN5O2S/c1-2-10-26-19(29)16-11-15(22)8-9-17(16)27-20(26)24-25-21(27)30-13-18(28)23-12-14-6-4-3-5-7-14/h3-7,15-17,20,24H,2,8-13H2,1H3,(H,23,28). The number of thioether (sulfide) groups is 1. The van der Waals surface area contributed by atoms with Crippen LogP contribution in [0.4, 0.5) is 0 Å². The molecule has 30 heavy (non-hydrogen) atoms. The highest BCUT2D eigenvalue weighted by molar-refractivity contribution is 8.14. The molecule has 1 saturated heterocycles. The molecule has 0 spiro atoms. The molecule has 0 radical (unpaired) electrons. The van der Waals surface area contributed by atoms with Gasteiger partial charge in [0.1, 0.15) is 0 Å². The number of hydrogen-bond acceptors (Lipinski definition) is 6. The van der Waals surface area contributed by atoms with Gasteiger partial charge in [-0.05, 0) is 31.2 Å². The van der Waals surface area contributed by atoms with Crippen LogP contribution >= 0.6 is 23.4 Å². The smallest absolute Gasteiger partial charge is 0.230 e. The van der Waals surface area contributed by atoms with Gasteiger partial charge in [-0.1, -0.05) is 49.0 Å². The zero-order valence-electron chi connectivity index (χ0n) is 17.1. The van der Waals surface area contributed by atoms with Crippen molar-refractivity contribution in [1.82, 2.24) is 20.5 Å². The molecular formula is C21H28ClN5O2S. The Hall–Kier alpha value is -1.93. The predicted molar refractivity (Wildman–Crippen MR) is 120 cm³/mol. The van der Waals surface area contributed by atoms with Crippen LogP contribution in [0.15, 0.2) is 35.4 Å². The number of halogens is 1. The summed E-state index contributed by atoms with van der Waals surface area (Å²) in [6, 6.07) is 9.94. The minimum atomic E-state index is -0.263. The number of amidine groups is 1. The number of benzene rings is 1. The summed E-state index contributed by atoms with van der Waals surface area (Å²) in [5, 5.41) is 8.28. The maximum Gasteiger partial charge on any atom is 0.230 e. The van der Waals surface area contributed by atoms with Crippen molar-refractivity contribution in [3.63, 3.8) is 0 Å². The van der Waals surface area contributed by atoms with Gasteiger partial charge in [0.25, 0.3) is 0 Å². The molecule has 2 amide bonds. The topological polar surface area (TPSA) is 77.0 Å². The molecule has 0 bridgehead atoms. The van der Waals surface area contributed by atoms with E-state index in [0.717, 1.165) is 30.0 Å². The van der Waals surface area contributed by atoms with Crippen LogP contribution in [-0.2, 0) is 16.1 Å². The first-order valence-corrected chi connectivity index (χ1v) is 12.0. The van der Waals surface area contributed by atoms with Gasteiger partial charge >= 0.3 is 0 Å². The van der Waals surface area contributed by atoms with Crippen molar-refractivity contribution in [2.24, 2.45) is 11.0 Å². The average Bonchev–Trinajstić information content (AvgIpc) is 3.18.